The Hall–Kier alpha value is -2.81. The van der Waals surface area contributed by atoms with Crippen LogP contribution in [0.4, 0.5) is 15.8 Å². The van der Waals surface area contributed by atoms with Crippen LogP contribution in [0.1, 0.15) is 10.4 Å². The van der Waals surface area contributed by atoms with E-state index in [-0.39, 0.29) is 16.9 Å². The van der Waals surface area contributed by atoms with Gasteiger partial charge >= 0.3 is 5.97 Å². The molecule has 124 valence electrons. The highest BCUT2D eigenvalue weighted by molar-refractivity contribution is 9.10. The summed E-state index contributed by atoms with van der Waals surface area (Å²) < 4.78 is 19.1. The molecule has 7 nitrogen and oxygen atoms in total. The smallest absolute Gasteiger partial charge is 0.338 e. The van der Waals surface area contributed by atoms with Crippen LogP contribution in [0, 0.1) is 15.9 Å². The SMILES string of the molecule is O=C(COC(=O)c1ccc(Br)cc1)Nc1cc([N+](=O)[O-])ccc1F. The van der Waals surface area contributed by atoms with Crippen molar-refractivity contribution in [2.75, 3.05) is 11.9 Å². The van der Waals surface area contributed by atoms with Crippen molar-refractivity contribution in [1.29, 1.82) is 0 Å². The van der Waals surface area contributed by atoms with Crippen LogP contribution in [0.3, 0.4) is 0 Å². The lowest BCUT2D eigenvalue weighted by Gasteiger charge is -2.07. The zero-order valence-corrected chi connectivity index (χ0v) is 13.6. The molecule has 0 saturated carbocycles. The first-order valence-corrected chi connectivity index (χ1v) is 7.32. The molecule has 2 aromatic rings. The molecule has 0 unspecified atom stereocenters. The van der Waals surface area contributed by atoms with E-state index in [0.717, 1.165) is 22.7 Å². The summed E-state index contributed by atoms with van der Waals surface area (Å²) in [6.07, 6.45) is 0. The van der Waals surface area contributed by atoms with Crippen LogP contribution in [0.25, 0.3) is 0 Å². The van der Waals surface area contributed by atoms with Crippen molar-refractivity contribution in [3.05, 3.63) is 68.4 Å². The molecule has 0 radical (unpaired) electrons. The fourth-order valence-electron chi connectivity index (χ4n) is 1.71. The first kappa shape index (κ1) is 17.5. The molecule has 0 bridgehead atoms. The Balaban J connectivity index is 1.96. The highest BCUT2D eigenvalue weighted by Crippen LogP contribution is 2.21. The lowest BCUT2D eigenvalue weighted by molar-refractivity contribution is -0.384. The van der Waals surface area contributed by atoms with Crippen molar-refractivity contribution in [1.82, 2.24) is 0 Å². The van der Waals surface area contributed by atoms with Crippen LogP contribution >= 0.6 is 15.9 Å². The summed E-state index contributed by atoms with van der Waals surface area (Å²) in [5, 5.41) is 12.8. The molecule has 1 amide bonds. The number of nitro benzene ring substituents is 1. The minimum atomic E-state index is -0.840. The highest BCUT2D eigenvalue weighted by Gasteiger charge is 2.15. The summed E-state index contributed by atoms with van der Waals surface area (Å²) in [6, 6.07) is 8.99. The van der Waals surface area contributed by atoms with Gasteiger partial charge < -0.3 is 10.1 Å². The fourth-order valence-corrected chi connectivity index (χ4v) is 1.97. The number of amides is 1. The second kappa shape index (κ2) is 7.64. The number of carbonyl (C=O) groups excluding carboxylic acids is 2. The predicted molar refractivity (Wildman–Crippen MR) is 86.1 cm³/mol. The normalized spacial score (nSPS) is 10.1. The summed E-state index contributed by atoms with van der Waals surface area (Å²) in [6.45, 7) is -0.656. The number of esters is 1. The van der Waals surface area contributed by atoms with Crippen LogP contribution in [0.5, 0.6) is 0 Å². The Kier molecular flexibility index (Phi) is 5.59. The number of hydrogen-bond donors (Lipinski definition) is 1. The average molecular weight is 397 g/mol. The van der Waals surface area contributed by atoms with E-state index >= 15 is 0 Å². The predicted octanol–water partition coefficient (Wildman–Crippen LogP) is 3.29. The fraction of sp³-hybridized carbons (Fsp3) is 0.0667. The van der Waals surface area contributed by atoms with Gasteiger partial charge in [-0.15, -0.1) is 0 Å². The van der Waals surface area contributed by atoms with Crippen LogP contribution in [0.15, 0.2) is 46.9 Å². The van der Waals surface area contributed by atoms with E-state index in [1.807, 2.05) is 0 Å². The maximum Gasteiger partial charge on any atom is 0.338 e. The van der Waals surface area contributed by atoms with Crippen molar-refractivity contribution < 1.29 is 23.6 Å². The number of nitrogens with zero attached hydrogens (tertiary/aromatic N) is 1. The minimum absolute atomic E-state index is 0.243. The number of rotatable bonds is 5. The molecule has 0 aliphatic heterocycles. The van der Waals surface area contributed by atoms with E-state index in [1.54, 1.807) is 12.1 Å². The average Bonchev–Trinajstić information content (AvgIpc) is 2.55. The molecule has 0 saturated heterocycles. The van der Waals surface area contributed by atoms with Crippen LogP contribution in [0.2, 0.25) is 0 Å². The maximum absolute atomic E-state index is 13.5. The summed E-state index contributed by atoms with van der Waals surface area (Å²) in [7, 11) is 0. The number of halogens is 2. The van der Waals surface area contributed by atoms with Crippen molar-refractivity contribution in [3.63, 3.8) is 0 Å². The van der Waals surface area contributed by atoms with Crippen molar-refractivity contribution in [2.45, 2.75) is 0 Å². The Morgan fingerprint density at radius 3 is 2.50 bits per heavy atom. The monoisotopic (exact) mass is 396 g/mol. The Morgan fingerprint density at radius 2 is 1.88 bits per heavy atom. The number of hydrogen-bond acceptors (Lipinski definition) is 5. The van der Waals surface area contributed by atoms with Gasteiger partial charge in [0.25, 0.3) is 11.6 Å². The number of nitrogens with one attached hydrogen (secondary N) is 1. The van der Waals surface area contributed by atoms with Gasteiger partial charge in [0.05, 0.1) is 16.2 Å². The van der Waals surface area contributed by atoms with Gasteiger partial charge in [-0.1, -0.05) is 15.9 Å². The molecule has 9 heteroatoms. The third-order valence-electron chi connectivity index (χ3n) is 2.85. The highest BCUT2D eigenvalue weighted by atomic mass is 79.9. The quantitative estimate of drug-likeness (QED) is 0.474. The second-order valence-electron chi connectivity index (χ2n) is 4.55. The number of benzene rings is 2. The molecule has 2 rings (SSSR count). The van der Waals surface area contributed by atoms with E-state index in [4.69, 9.17) is 4.74 Å². The lowest BCUT2D eigenvalue weighted by Crippen LogP contribution is -2.21. The molecule has 24 heavy (non-hydrogen) atoms. The molecule has 0 aromatic heterocycles. The molecular formula is C15H10BrFN2O5. The first-order chi connectivity index (χ1) is 11.4. The number of anilines is 1. The zero-order valence-electron chi connectivity index (χ0n) is 12.0. The van der Waals surface area contributed by atoms with Gasteiger partial charge in [-0.05, 0) is 30.3 Å². The maximum atomic E-state index is 13.5. The number of nitro groups is 1. The van der Waals surface area contributed by atoms with E-state index in [0.29, 0.717) is 0 Å². The van der Waals surface area contributed by atoms with Gasteiger partial charge in [0.15, 0.2) is 6.61 Å². The topological polar surface area (TPSA) is 98.5 Å². The zero-order chi connectivity index (χ0) is 17.7. The summed E-state index contributed by atoms with van der Waals surface area (Å²) in [5.74, 6) is -2.38. The molecule has 0 atom stereocenters. The Labute approximate surface area is 143 Å². The van der Waals surface area contributed by atoms with E-state index in [2.05, 4.69) is 21.2 Å². The van der Waals surface area contributed by atoms with E-state index in [1.165, 1.54) is 12.1 Å². The van der Waals surface area contributed by atoms with E-state index in [9.17, 15) is 24.1 Å². The lowest BCUT2D eigenvalue weighted by atomic mass is 10.2. The van der Waals surface area contributed by atoms with Crippen LogP contribution in [-0.4, -0.2) is 23.4 Å². The number of ether oxygens (including phenoxy) is 1. The minimum Gasteiger partial charge on any atom is -0.452 e. The van der Waals surface area contributed by atoms with Gasteiger partial charge in [-0.25, -0.2) is 9.18 Å². The largest absolute Gasteiger partial charge is 0.452 e. The van der Waals surface area contributed by atoms with Crippen molar-refractivity contribution in [2.24, 2.45) is 0 Å². The summed E-state index contributed by atoms with van der Waals surface area (Å²) in [5.41, 5.74) is -0.500. The molecule has 2 aromatic carbocycles. The molecule has 1 N–H and O–H groups in total. The molecule has 0 aliphatic carbocycles. The number of carbonyl (C=O) groups is 2. The molecule has 0 heterocycles. The van der Waals surface area contributed by atoms with Gasteiger partial charge in [-0.2, -0.15) is 0 Å². The van der Waals surface area contributed by atoms with Gasteiger partial charge in [0.2, 0.25) is 0 Å². The second-order valence-corrected chi connectivity index (χ2v) is 5.47. The van der Waals surface area contributed by atoms with Crippen molar-refractivity contribution in [3.8, 4) is 0 Å². The van der Waals surface area contributed by atoms with Gasteiger partial charge in [-0.3, -0.25) is 14.9 Å². The van der Waals surface area contributed by atoms with E-state index < -0.39 is 29.2 Å². The summed E-state index contributed by atoms with van der Waals surface area (Å²) in [4.78, 5) is 33.4. The standard InChI is InChI=1S/C15H10BrFN2O5/c16-10-3-1-9(2-4-10)15(21)24-8-14(20)18-13-7-11(19(22)23)5-6-12(13)17/h1-7H,8H2,(H,18,20). The third-order valence-corrected chi connectivity index (χ3v) is 3.38. The molecule has 0 aliphatic rings. The van der Waals surface area contributed by atoms with Crippen molar-refractivity contribution >= 4 is 39.2 Å². The summed E-state index contributed by atoms with van der Waals surface area (Å²) >= 11 is 3.22. The third kappa shape index (κ3) is 4.59. The Bertz CT molecular complexity index is 795. The van der Waals surface area contributed by atoms with Gasteiger partial charge in [0.1, 0.15) is 5.82 Å². The first-order valence-electron chi connectivity index (χ1n) is 6.53. The van der Waals surface area contributed by atoms with Crippen LogP contribution < -0.4 is 5.32 Å². The molecule has 0 fully saturated rings. The number of non-ortho nitro benzene ring substituents is 1. The molecule has 0 spiro atoms. The van der Waals surface area contributed by atoms with Crippen LogP contribution in [-0.2, 0) is 9.53 Å². The molecular weight excluding hydrogens is 387 g/mol. The Morgan fingerprint density at radius 1 is 1.21 bits per heavy atom. The van der Waals surface area contributed by atoms with Gasteiger partial charge in [0, 0.05) is 16.6 Å².